The number of rotatable bonds is 5. The molecule has 0 fully saturated rings. The van der Waals surface area contributed by atoms with E-state index in [0.717, 1.165) is 21.4 Å². The van der Waals surface area contributed by atoms with Gasteiger partial charge in [0.25, 0.3) is 0 Å². The van der Waals surface area contributed by atoms with Crippen LogP contribution in [-0.2, 0) is 0 Å². The van der Waals surface area contributed by atoms with E-state index in [2.05, 4.69) is 59.9 Å². The Balaban J connectivity index is 1.84. The average Bonchev–Trinajstić information content (AvgIpc) is 2.73. The summed E-state index contributed by atoms with van der Waals surface area (Å²) in [5.74, 6) is 0. The Kier molecular flexibility index (Phi) is 5.98. The van der Waals surface area contributed by atoms with Gasteiger partial charge in [-0.25, -0.2) is 0 Å². The van der Waals surface area contributed by atoms with Crippen molar-refractivity contribution < 1.29 is 0 Å². The molecular formula is C24H18Cl2NP. The van der Waals surface area contributed by atoms with Crippen molar-refractivity contribution in [1.82, 2.24) is 0 Å². The first-order chi connectivity index (χ1) is 13.7. The van der Waals surface area contributed by atoms with Crippen LogP contribution in [0, 0.1) is 0 Å². The molecule has 0 amide bonds. The van der Waals surface area contributed by atoms with Gasteiger partial charge in [0.2, 0.25) is 0 Å². The normalized spacial score (nSPS) is 10.8. The van der Waals surface area contributed by atoms with Crippen molar-refractivity contribution >= 4 is 58.4 Å². The molecule has 0 aromatic heterocycles. The lowest BCUT2D eigenvalue weighted by molar-refractivity contribution is 1.57. The zero-order chi connectivity index (χ0) is 19.3. The Morgan fingerprint density at radius 2 is 1.11 bits per heavy atom. The molecule has 0 spiro atoms. The Bertz CT molecular complexity index is 1010. The predicted octanol–water partition coefficient (Wildman–Crippen LogP) is 6.50. The monoisotopic (exact) mass is 421 g/mol. The van der Waals surface area contributed by atoms with E-state index in [1.807, 2.05) is 48.5 Å². The molecule has 4 aromatic rings. The summed E-state index contributed by atoms with van der Waals surface area (Å²) in [5.41, 5.74) is 2.04. The highest BCUT2D eigenvalue weighted by Crippen LogP contribution is 2.37. The summed E-state index contributed by atoms with van der Waals surface area (Å²) in [4.78, 5) is 0. The van der Waals surface area contributed by atoms with Crippen LogP contribution in [0.4, 0.5) is 11.4 Å². The van der Waals surface area contributed by atoms with Crippen molar-refractivity contribution in [3.05, 3.63) is 113 Å². The molecule has 0 radical (unpaired) electrons. The third kappa shape index (κ3) is 4.39. The number of hydrogen-bond donors (Lipinski definition) is 1. The Morgan fingerprint density at radius 3 is 1.68 bits per heavy atom. The molecule has 4 rings (SSSR count). The molecule has 0 aliphatic carbocycles. The molecule has 4 heteroatoms. The molecule has 0 atom stereocenters. The predicted molar refractivity (Wildman–Crippen MR) is 125 cm³/mol. The maximum atomic E-state index is 6.42. The average molecular weight is 422 g/mol. The summed E-state index contributed by atoms with van der Waals surface area (Å²) in [5, 5.41) is 8.75. The van der Waals surface area contributed by atoms with E-state index in [4.69, 9.17) is 23.2 Å². The van der Waals surface area contributed by atoms with Gasteiger partial charge in [-0.05, 0) is 61.0 Å². The molecule has 1 nitrogen and oxygen atoms in total. The summed E-state index contributed by atoms with van der Waals surface area (Å²) in [6, 6.07) is 35.0. The zero-order valence-electron chi connectivity index (χ0n) is 15.0. The van der Waals surface area contributed by atoms with Crippen molar-refractivity contribution in [3.8, 4) is 0 Å². The largest absolute Gasteiger partial charge is 0.355 e. The molecule has 4 aromatic carbocycles. The molecule has 0 heterocycles. The van der Waals surface area contributed by atoms with Crippen molar-refractivity contribution in [1.29, 1.82) is 0 Å². The van der Waals surface area contributed by atoms with Crippen LogP contribution in [-0.4, -0.2) is 0 Å². The molecule has 0 saturated carbocycles. The molecule has 0 aliphatic heterocycles. The van der Waals surface area contributed by atoms with Crippen LogP contribution in [0.3, 0.4) is 0 Å². The van der Waals surface area contributed by atoms with Gasteiger partial charge in [0.1, 0.15) is 0 Å². The van der Waals surface area contributed by atoms with Crippen molar-refractivity contribution in [3.63, 3.8) is 0 Å². The fraction of sp³-hybridized carbons (Fsp3) is 0. The van der Waals surface area contributed by atoms with Crippen LogP contribution < -0.4 is 21.2 Å². The standard InChI is InChI=1S/C24H18Cl2NP/c25-18-11-14-20(15-12-18)27-23-16-13-19(26)17-24(23)28(21-7-3-1-4-8-21)22-9-5-2-6-10-22/h1-17,27H. The van der Waals surface area contributed by atoms with Crippen LogP contribution in [0.2, 0.25) is 10.0 Å². The second-order valence-corrected chi connectivity index (χ2v) is 9.36. The maximum Gasteiger partial charge on any atom is 0.0470 e. The smallest absolute Gasteiger partial charge is 0.0470 e. The van der Waals surface area contributed by atoms with Gasteiger partial charge in [-0.15, -0.1) is 0 Å². The number of halogens is 2. The summed E-state index contributed by atoms with van der Waals surface area (Å²) >= 11 is 12.5. The van der Waals surface area contributed by atoms with Crippen molar-refractivity contribution in [2.75, 3.05) is 5.32 Å². The van der Waals surface area contributed by atoms with Gasteiger partial charge in [-0.3, -0.25) is 0 Å². The first-order valence-electron chi connectivity index (χ1n) is 8.93. The van der Waals surface area contributed by atoms with Crippen LogP contribution >= 0.6 is 31.1 Å². The maximum absolute atomic E-state index is 6.42. The minimum atomic E-state index is -0.758. The topological polar surface area (TPSA) is 12.0 Å². The van der Waals surface area contributed by atoms with E-state index in [0.29, 0.717) is 0 Å². The quantitative estimate of drug-likeness (QED) is 0.362. The van der Waals surface area contributed by atoms with Gasteiger partial charge in [0.05, 0.1) is 0 Å². The lowest BCUT2D eigenvalue weighted by atomic mass is 10.2. The summed E-state index contributed by atoms with van der Waals surface area (Å²) in [6.07, 6.45) is 0. The highest BCUT2D eigenvalue weighted by atomic mass is 35.5. The van der Waals surface area contributed by atoms with E-state index in [9.17, 15) is 0 Å². The van der Waals surface area contributed by atoms with E-state index in [-0.39, 0.29) is 0 Å². The summed E-state index contributed by atoms with van der Waals surface area (Å²) in [6.45, 7) is 0. The van der Waals surface area contributed by atoms with Crippen molar-refractivity contribution in [2.45, 2.75) is 0 Å². The van der Waals surface area contributed by atoms with Crippen LogP contribution in [0.1, 0.15) is 0 Å². The molecule has 1 N–H and O–H groups in total. The van der Waals surface area contributed by atoms with Crippen LogP contribution in [0.5, 0.6) is 0 Å². The fourth-order valence-electron chi connectivity index (χ4n) is 3.07. The third-order valence-electron chi connectivity index (χ3n) is 4.35. The van der Waals surface area contributed by atoms with Gasteiger partial charge >= 0.3 is 0 Å². The van der Waals surface area contributed by atoms with Gasteiger partial charge in [-0.1, -0.05) is 83.9 Å². The molecule has 0 saturated heterocycles. The molecule has 138 valence electrons. The molecular weight excluding hydrogens is 404 g/mol. The third-order valence-corrected chi connectivity index (χ3v) is 7.32. The van der Waals surface area contributed by atoms with Crippen LogP contribution in [0.25, 0.3) is 0 Å². The fourth-order valence-corrected chi connectivity index (χ4v) is 5.87. The lowest BCUT2D eigenvalue weighted by Crippen LogP contribution is -2.22. The minimum Gasteiger partial charge on any atom is -0.355 e. The van der Waals surface area contributed by atoms with E-state index in [1.54, 1.807) is 0 Å². The van der Waals surface area contributed by atoms with Crippen LogP contribution in [0.15, 0.2) is 103 Å². The Labute approximate surface area is 176 Å². The highest BCUT2D eigenvalue weighted by molar-refractivity contribution is 7.80. The molecule has 0 aliphatic rings. The SMILES string of the molecule is Clc1ccc(Nc2ccc(Cl)cc2P(c2ccccc2)c2ccccc2)cc1. The minimum absolute atomic E-state index is 0.720. The second kappa shape index (κ2) is 8.80. The van der Waals surface area contributed by atoms with E-state index >= 15 is 0 Å². The van der Waals surface area contributed by atoms with Crippen molar-refractivity contribution in [2.24, 2.45) is 0 Å². The number of benzene rings is 4. The molecule has 28 heavy (non-hydrogen) atoms. The number of hydrogen-bond acceptors (Lipinski definition) is 1. The Morgan fingerprint density at radius 1 is 0.571 bits per heavy atom. The number of nitrogens with one attached hydrogen (secondary N) is 1. The zero-order valence-corrected chi connectivity index (χ0v) is 17.4. The van der Waals surface area contributed by atoms with E-state index < -0.39 is 7.92 Å². The second-order valence-electron chi connectivity index (χ2n) is 6.30. The van der Waals surface area contributed by atoms with Gasteiger partial charge in [0.15, 0.2) is 0 Å². The van der Waals surface area contributed by atoms with Gasteiger partial charge < -0.3 is 5.32 Å². The Hall–Kier alpha value is -2.31. The molecule has 0 bridgehead atoms. The first kappa shape index (κ1) is 19.0. The van der Waals surface area contributed by atoms with Gasteiger partial charge in [0, 0.05) is 26.7 Å². The number of anilines is 2. The summed E-state index contributed by atoms with van der Waals surface area (Å²) < 4.78 is 0. The van der Waals surface area contributed by atoms with Gasteiger partial charge in [-0.2, -0.15) is 0 Å². The summed E-state index contributed by atoms with van der Waals surface area (Å²) in [7, 11) is -0.758. The molecule has 0 unspecified atom stereocenters. The first-order valence-corrected chi connectivity index (χ1v) is 11.0. The highest BCUT2D eigenvalue weighted by Gasteiger charge is 2.20. The van der Waals surface area contributed by atoms with E-state index in [1.165, 1.54) is 15.9 Å². The lowest BCUT2D eigenvalue weighted by Gasteiger charge is -2.23.